The SMILES string of the molecule is Cl.Cl.Nc1cccc(-c2cn3c(n2)sc2ccccc23)c1. The molecule has 0 saturated heterocycles. The minimum absolute atomic E-state index is 0. The minimum atomic E-state index is 0. The summed E-state index contributed by atoms with van der Waals surface area (Å²) in [7, 11) is 0. The van der Waals surface area contributed by atoms with Crippen LogP contribution in [-0.2, 0) is 0 Å². The summed E-state index contributed by atoms with van der Waals surface area (Å²) in [4.78, 5) is 5.70. The zero-order chi connectivity index (χ0) is 12.8. The number of fused-ring (bicyclic) bond motifs is 3. The predicted molar refractivity (Wildman–Crippen MR) is 94.9 cm³/mol. The lowest BCUT2D eigenvalue weighted by Gasteiger charge is -1.97. The van der Waals surface area contributed by atoms with Crippen LogP contribution in [0.2, 0.25) is 0 Å². The minimum Gasteiger partial charge on any atom is -0.399 e. The van der Waals surface area contributed by atoms with Gasteiger partial charge in [-0.15, -0.1) is 24.8 Å². The summed E-state index contributed by atoms with van der Waals surface area (Å²) in [6.45, 7) is 0. The van der Waals surface area contributed by atoms with Crippen molar-refractivity contribution < 1.29 is 0 Å². The van der Waals surface area contributed by atoms with Gasteiger partial charge in [-0.05, 0) is 24.3 Å². The largest absolute Gasteiger partial charge is 0.399 e. The topological polar surface area (TPSA) is 43.3 Å². The highest BCUT2D eigenvalue weighted by molar-refractivity contribution is 7.23. The highest BCUT2D eigenvalue weighted by Crippen LogP contribution is 2.29. The Balaban J connectivity index is 0.000000807. The van der Waals surface area contributed by atoms with Crippen LogP contribution < -0.4 is 5.73 Å². The van der Waals surface area contributed by atoms with Crippen molar-refractivity contribution in [2.45, 2.75) is 0 Å². The Hall–Kier alpha value is -1.75. The molecule has 3 nitrogen and oxygen atoms in total. The molecule has 0 fully saturated rings. The molecule has 0 spiro atoms. The molecule has 2 heterocycles. The van der Waals surface area contributed by atoms with Crippen molar-refractivity contribution in [3.05, 3.63) is 54.7 Å². The van der Waals surface area contributed by atoms with Gasteiger partial charge in [0.2, 0.25) is 0 Å². The number of thiazole rings is 1. The number of hydrogen-bond donors (Lipinski definition) is 1. The van der Waals surface area contributed by atoms with Crippen LogP contribution in [0, 0.1) is 0 Å². The van der Waals surface area contributed by atoms with E-state index in [1.54, 1.807) is 11.3 Å². The fourth-order valence-electron chi connectivity index (χ4n) is 2.29. The van der Waals surface area contributed by atoms with Gasteiger partial charge in [-0.1, -0.05) is 35.6 Å². The van der Waals surface area contributed by atoms with E-state index in [-0.39, 0.29) is 24.8 Å². The van der Waals surface area contributed by atoms with Crippen molar-refractivity contribution in [2.24, 2.45) is 0 Å². The molecule has 0 amide bonds. The first-order valence-electron chi connectivity index (χ1n) is 6.04. The zero-order valence-electron chi connectivity index (χ0n) is 10.9. The number of halogens is 2. The summed E-state index contributed by atoms with van der Waals surface area (Å²) in [6, 6.07) is 16.2. The molecule has 0 atom stereocenters. The number of para-hydroxylation sites is 1. The van der Waals surface area contributed by atoms with E-state index >= 15 is 0 Å². The van der Waals surface area contributed by atoms with Crippen LogP contribution in [0.25, 0.3) is 26.4 Å². The fraction of sp³-hybridized carbons (Fsp3) is 0. The van der Waals surface area contributed by atoms with Crippen LogP contribution in [0.15, 0.2) is 54.7 Å². The lowest BCUT2D eigenvalue weighted by molar-refractivity contribution is 1.30. The number of nitrogens with two attached hydrogens (primary N) is 1. The van der Waals surface area contributed by atoms with Gasteiger partial charge in [-0.2, -0.15) is 0 Å². The molecule has 0 radical (unpaired) electrons. The van der Waals surface area contributed by atoms with Crippen LogP contribution in [0.5, 0.6) is 0 Å². The van der Waals surface area contributed by atoms with E-state index in [9.17, 15) is 0 Å². The zero-order valence-corrected chi connectivity index (χ0v) is 13.3. The van der Waals surface area contributed by atoms with E-state index < -0.39 is 0 Å². The number of anilines is 1. The molecular formula is C15H13Cl2N3S. The molecule has 6 heteroatoms. The predicted octanol–water partition coefficient (Wildman–Crippen LogP) is 4.64. The van der Waals surface area contributed by atoms with Crippen molar-refractivity contribution in [2.75, 3.05) is 5.73 Å². The highest BCUT2D eigenvalue weighted by Gasteiger charge is 2.09. The molecular weight excluding hydrogens is 325 g/mol. The normalized spacial score (nSPS) is 10.3. The second kappa shape index (κ2) is 5.93. The molecule has 0 bridgehead atoms. The summed E-state index contributed by atoms with van der Waals surface area (Å²) < 4.78 is 3.39. The van der Waals surface area contributed by atoms with Crippen LogP contribution in [0.3, 0.4) is 0 Å². The van der Waals surface area contributed by atoms with E-state index in [1.807, 2.05) is 24.3 Å². The van der Waals surface area contributed by atoms with E-state index in [0.717, 1.165) is 21.9 Å². The number of aromatic nitrogens is 2. The molecule has 0 aliphatic carbocycles. The van der Waals surface area contributed by atoms with Crippen LogP contribution >= 0.6 is 36.2 Å². The van der Waals surface area contributed by atoms with E-state index in [4.69, 9.17) is 5.73 Å². The Bertz CT molecular complexity index is 898. The molecule has 2 aromatic heterocycles. The number of nitrogens with zero attached hydrogens (tertiary/aromatic N) is 2. The van der Waals surface area contributed by atoms with Crippen molar-refractivity contribution in [1.82, 2.24) is 9.38 Å². The molecule has 4 aromatic rings. The molecule has 108 valence electrons. The first-order valence-corrected chi connectivity index (χ1v) is 6.85. The fourth-order valence-corrected chi connectivity index (χ4v) is 3.29. The Labute approximate surface area is 138 Å². The second-order valence-corrected chi connectivity index (χ2v) is 5.48. The van der Waals surface area contributed by atoms with Gasteiger partial charge in [0.15, 0.2) is 4.96 Å². The molecule has 0 unspecified atom stereocenters. The third-order valence-electron chi connectivity index (χ3n) is 3.18. The first-order chi connectivity index (χ1) is 9.31. The van der Waals surface area contributed by atoms with Gasteiger partial charge >= 0.3 is 0 Å². The van der Waals surface area contributed by atoms with Crippen molar-refractivity contribution >= 4 is 57.0 Å². The maximum absolute atomic E-state index is 5.82. The van der Waals surface area contributed by atoms with Crippen molar-refractivity contribution in [1.29, 1.82) is 0 Å². The molecule has 0 aliphatic heterocycles. The summed E-state index contributed by atoms with van der Waals surface area (Å²) in [5.41, 5.74) is 9.80. The van der Waals surface area contributed by atoms with E-state index in [2.05, 4.69) is 39.8 Å². The molecule has 2 aromatic carbocycles. The molecule has 0 aliphatic rings. The average molecular weight is 338 g/mol. The Morgan fingerprint density at radius 2 is 1.81 bits per heavy atom. The summed E-state index contributed by atoms with van der Waals surface area (Å²) in [5, 5.41) is 0. The highest BCUT2D eigenvalue weighted by atomic mass is 35.5. The number of hydrogen-bond acceptors (Lipinski definition) is 3. The van der Waals surface area contributed by atoms with Gasteiger partial charge in [0.25, 0.3) is 0 Å². The van der Waals surface area contributed by atoms with Crippen molar-refractivity contribution in [3.8, 4) is 11.3 Å². The summed E-state index contributed by atoms with van der Waals surface area (Å²) >= 11 is 1.70. The monoisotopic (exact) mass is 337 g/mol. The molecule has 21 heavy (non-hydrogen) atoms. The van der Waals surface area contributed by atoms with Gasteiger partial charge in [-0.3, -0.25) is 4.40 Å². The van der Waals surface area contributed by atoms with Gasteiger partial charge in [0.05, 0.1) is 15.9 Å². The van der Waals surface area contributed by atoms with Crippen LogP contribution in [0.4, 0.5) is 5.69 Å². The third-order valence-corrected chi connectivity index (χ3v) is 4.22. The maximum atomic E-state index is 5.82. The van der Waals surface area contributed by atoms with Gasteiger partial charge < -0.3 is 5.73 Å². The Morgan fingerprint density at radius 1 is 1.00 bits per heavy atom. The van der Waals surface area contributed by atoms with Crippen molar-refractivity contribution in [3.63, 3.8) is 0 Å². The Kier molecular flexibility index (Phi) is 4.42. The van der Waals surface area contributed by atoms with E-state index in [1.165, 1.54) is 10.2 Å². The van der Waals surface area contributed by atoms with Crippen LogP contribution in [-0.4, -0.2) is 9.38 Å². The standard InChI is InChI=1S/C15H11N3S.2ClH/c16-11-5-3-4-10(8-11)12-9-18-13-6-1-2-7-14(13)19-15(18)17-12;;/h1-9H,16H2;2*1H. The summed E-state index contributed by atoms with van der Waals surface area (Å²) in [5.74, 6) is 0. The molecule has 2 N–H and O–H groups in total. The first kappa shape index (κ1) is 15.6. The van der Waals surface area contributed by atoms with E-state index in [0.29, 0.717) is 0 Å². The lowest BCUT2D eigenvalue weighted by atomic mass is 10.1. The van der Waals surface area contributed by atoms with Crippen LogP contribution in [0.1, 0.15) is 0 Å². The molecule has 4 rings (SSSR count). The Morgan fingerprint density at radius 3 is 2.62 bits per heavy atom. The second-order valence-electron chi connectivity index (χ2n) is 4.47. The third kappa shape index (κ3) is 2.58. The lowest BCUT2D eigenvalue weighted by Crippen LogP contribution is -1.84. The number of nitrogen functional groups attached to an aromatic ring is 1. The average Bonchev–Trinajstić information content (AvgIpc) is 2.96. The van der Waals surface area contributed by atoms with Gasteiger partial charge in [0.1, 0.15) is 0 Å². The smallest absolute Gasteiger partial charge is 0.195 e. The number of imidazole rings is 1. The summed E-state index contributed by atoms with van der Waals surface area (Å²) in [6.07, 6.45) is 2.07. The number of rotatable bonds is 1. The number of benzene rings is 2. The van der Waals surface area contributed by atoms with Gasteiger partial charge in [-0.25, -0.2) is 4.98 Å². The maximum Gasteiger partial charge on any atom is 0.195 e. The quantitative estimate of drug-likeness (QED) is 0.514. The molecule has 0 saturated carbocycles. The van der Waals surface area contributed by atoms with Gasteiger partial charge in [0, 0.05) is 17.4 Å².